The number of anilines is 2. The minimum absolute atomic E-state index is 0.0591. The molecule has 1 atom stereocenters. The lowest BCUT2D eigenvalue weighted by Crippen LogP contribution is -2.39. The van der Waals surface area contributed by atoms with Crippen molar-refractivity contribution in [1.29, 1.82) is 0 Å². The third-order valence-corrected chi connectivity index (χ3v) is 4.38. The average molecular weight is 372 g/mol. The van der Waals surface area contributed by atoms with Crippen molar-refractivity contribution in [3.8, 4) is 0 Å². The van der Waals surface area contributed by atoms with Gasteiger partial charge in [0.25, 0.3) is 0 Å². The van der Waals surface area contributed by atoms with Gasteiger partial charge in [0, 0.05) is 34.9 Å². The number of nitrogens with one attached hydrogen (secondary N) is 2. The second kappa shape index (κ2) is 7.58. The number of carbonyl (C=O) groups is 3. The largest absolute Gasteiger partial charge is 0.333 e. The van der Waals surface area contributed by atoms with E-state index in [1.54, 1.807) is 53.4 Å². The molecule has 0 aromatic heterocycles. The van der Waals surface area contributed by atoms with Crippen LogP contribution in [-0.4, -0.2) is 30.3 Å². The van der Waals surface area contributed by atoms with Crippen molar-refractivity contribution in [2.45, 2.75) is 19.4 Å². The highest BCUT2D eigenvalue weighted by Crippen LogP contribution is 2.23. The molecule has 134 valence electrons. The van der Waals surface area contributed by atoms with Crippen LogP contribution in [0.2, 0.25) is 5.02 Å². The van der Waals surface area contributed by atoms with Gasteiger partial charge in [0.1, 0.15) is 0 Å². The second-order valence-corrected chi connectivity index (χ2v) is 6.55. The zero-order valence-electron chi connectivity index (χ0n) is 14.2. The first-order chi connectivity index (χ1) is 12.4. The number of amides is 3. The van der Waals surface area contributed by atoms with E-state index in [9.17, 15) is 14.4 Å². The van der Waals surface area contributed by atoms with Gasteiger partial charge in [-0.3, -0.25) is 9.59 Å². The molecule has 0 radical (unpaired) electrons. The van der Waals surface area contributed by atoms with Gasteiger partial charge in [-0.25, -0.2) is 4.79 Å². The summed E-state index contributed by atoms with van der Waals surface area (Å²) < 4.78 is 0. The summed E-state index contributed by atoms with van der Waals surface area (Å²) in [5.41, 5.74) is 1.79. The Balaban J connectivity index is 1.60. The van der Waals surface area contributed by atoms with Crippen molar-refractivity contribution in [2.75, 3.05) is 16.8 Å². The summed E-state index contributed by atoms with van der Waals surface area (Å²) >= 11 is 5.87. The summed E-state index contributed by atoms with van der Waals surface area (Å²) in [7, 11) is 0. The lowest BCUT2D eigenvalue weighted by Gasteiger charge is -2.17. The summed E-state index contributed by atoms with van der Waals surface area (Å²) in [6.45, 7) is 1.86. The highest BCUT2D eigenvalue weighted by molar-refractivity contribution is 6.30. The topological polar surface area (TPSA) is 78.5 Å². The lowest BCUT2D eigenvalue weighted by molar-refractivity contribution is -0.117. The third-order valence-electron chi connectivity index (χ3n) is 4.13. The minimum atomic E-state index is -0.415. The van der Waals surface area contributed by atoms with E-state index in [4.69, 9.17) is 11.6 Å². The molecular formula is C19H18ClN3O3. The van der Waals surface area contributed by atoms with Gasteiger partial charge in [0.15, 0.2) is 5.78 Å². The normalized spacial score (nSPS) is 16.5. The maximum Gasteiger partial charge on any atom is 0.319 e. The molecule has 2 N–H and O–H groups in total. The van der Waals surface area contributed by atoms with Gasteiger partial charge in [-0.2, -0.15) is 0 Å². The number of carbonyl (C=O) groups excluding carboxylic acids is 3. The first kappa shape index (κ1) is 17.9. The van der Waals surface area contributed by atoms with Crippen molar-refractivity contribution in [1.82, 2.24) is 5.32 Å². The summed E-state index contributed by atoms with van der Waals surface area (Å²) in [6.07, 6.45) is 0.226. The number of halogens is 1. The molecule has 7 heteroatoms. The number of hydrogen-bond donors (Lipinski definition) is 2. The van der Waals surface area contributed by atoms with Crippen LogP contribution in [0.15, 0.2) is 48.5 Å². The molecule has 3 rings (SSSR count). The molecule has 0 spiro atoms. The van der Waals surface area contributed by atoms with Crippen LogP contribution in [0.3, 0.4) is 0 Å². The Hall–Kier alpha value is -2.86. The van der Waals surface area contributed by atoms with E-state index >= 15 is 0 Å². The van der Waals surface area contributed by atoms with Crippen LogP contribution in [-0.2, 0) is 4.79 Å². The van der Waals surface area contributed by atoms with E-state index in [0.29, 0.717) is 22.8 Å². The van der Waals surface area contributed by atoms with E-state index in [-0.39, 0.29) is 24.2 Å². The SMILES string of the molecule is CC(=O)c1cccc(NC(=O)N[C@@H]2CC(=O)N(c3ccc(Cl)cc3)C2)c1. The van der Waals surface area contributed by atoms with Crippen LogP contribution < -0.4 is 15.5 Å². The number of ketones is 1. The average Bonchev–Trinajstić information content (AvgIpc) is 2.95. The number of hydrogen-bond acceptors (Lipinski definition) is 3. The summed E-state index contributed by atoms with van der Waals surface area (Å²) in [5, 5.41) is 6.08. The Morgan fingerprint density at radius 2 is 1.88 bits per heavy atom. The number of urea groups is 1. The van der Waals surface area contributed by atoms with E-state index < -0.39 is 6.03 Å². The molecule has 0 bridgehead atoms. The number of benzene rings is 2. The molecule has 1 aliphatic rings. The Labute approximate surface area is 156 Å². The number of nitrogens with zero attached hydrogens (tertiary/aromatic N) is 1. The van der Waals surface area contributed by atoms with Crippen LogP contribution in [0.4, 0.5) is 16.2 Å². The van der Waals surface area contributed by atoms with Gasteiger partial charge in [-0.15, -0.1) is 0 Å². The van der Waals surface area contributed by atoms with Crippen LogP contribution in [0.5, 0.6) is 0 Å². The highest BCUT2D eigenvalue weighted by atomic mass is 35.5. The molecule has 6 nitrogen and oxygen atoms in total. The Kier molecular flexibility index (Phi) is 5.23. The predicted molar refractivity (Wildman–Crippen MR) is 101 cm³/mol. The number of rotatable bonds is 4. The van der Waals surface area contributed by atoms with Gasteiger partial charge < -0.3 is 15.5 Å². The summed E-state index contributed by atoms with van der Waals surface area (Å²) in [5.74, 6) is -0.134. The van der Waals surface area contributed by atoms with Gasteiger partial charge in [0.2, 0.25) is 5.91 Å². The molecule has 0 saturated carbocycles. The van der Waals surface area contributed by atoms with E-state index in [1.807, 2.05) is 0 Å². The summed E-state index contributed by atoms with van der Waals surface area (Å²) in [4.78, 5) is 37.4. The highest BCUT2D eigenvalue weighted by Gasteiger charge is 2.31. The predicted octanol–water partition coefficient (Wildman–Crippen LogP) is 3.47. The molecule has 0 aliphatic carbocycles. The Morgan fingerprint density at radius 1 is 1.15 bits per heavy atom. The van der Waals surface area contributed by atoms with E-state index in [1.165, 1.54) is 6.92 Å². The van der Waals surface area contributed by atoms with Crippen molar-refractivity contribution in [2.24, 2.45) is 0 Å². The van der Waals surface area contributed by atoms with Crippen LogP contribution in [0, 0.1) is 0 Å². The smallest absolute Gasteiger partial charge is 0.319 e. The number of Topliss-reactive ketones (excluding diaryl/α,β-unsaturated/α-hetero) is 1. The molecular weight excluding hydrogens is 354 g/mol. The van der Waals surface area contributed by atoms with E-state index in [2.05, 4.69) is 10.6 Å². The maximum atomic E-state index is 12.2. The quantitative estimate of drug-likeness (QED) is 0.808. The lowest BCUT2D eigenvalue weighted by atomic mass is 10.1. The molecule has 1 saturated heterocycles. The third kappa shape index (κ3) is 4.21. The second-order valence-electron chi connectivity index (χ2n) is 6.12. The van der Waals surface area contributed by atoms with Gasteiger partial charge in [0.05, 0.1) is 6.04 Å². The maximum absolute atomic E-state index is 12.2. The van der Waals surface area contributed by atoms with Gasteiger partial charge in [-0.1, -0.05) is 23.7 Å². The van der Waals surface area contributed by atoms with Crippen molar-refractivity contribution >= 4 is 40.7 Å². The Morgan fingerprint density at radius 3 is 2.58 bits per heavy atom. The van der Waals surface area contributed by atoms with Crippen LogP contribution in [0.25, 0.3) is 0 Å². The molecule has 26 heavy (non-hydrogen) atoms. The van der Waals surface area contributed by atoms with Crippen molar-refractivity contribution in [3.05, 3.63) is 59.1 Å². The summed E-state index contributed by atoms with van der Waals surface area (Å²) in [6, 6.07) is 13.0. The van der Waals surface area contributed by atoms with Crippen LogP contribution >= 0.6 is 11.6 Å². The zero-order chi connectivity index (χ0) is 18.7. The fourth-order valence-electron chi connectivity index (χ4n) is 2.84. The molecule has 2 aromatic carbocycles. The fourth-order valence-corrected chi connectivity index (χ4v) is 2.97. The van der Waals surface area contributed by atoms with Crippen molar-refractivity contribution in [3.63, 3.8) is 0 Å². The molecule has 0 unspecified atom stereocenters. The molecule has 1 heterocycles. The first-order valence-electron chi connectivity index (χ1n) is 8.17. The van der Waals surface area contributed by atoms with E-state index in [0.717, 1.165) is 5.69 Å². The standard InChI is InChI=1S/C19H18ClN3O3/c1-12(24)13-3-2-4-15(9-13)21-19(26)22-16-10-18(25)23(11-16)17-7-5-14(20)6-8-17/h2-9,16H,10-11H2,1H3,(H2,21,22,26)/t16-/m1/s1. The molecule has 1 aliphatic heterocycles. The monoisotopic (exact) mass is 371 g/mol. The minimum Gasteiger partial charge on any atom is -0.333 e. The van der Waals surface area contributed by atoms with Crippen LogP contribution in [0.1, 0.15) is 23.7 Å². The fraction of sp³-hybridized carbons (Fsp3) is 0.211. The molecule has 1 fully saturated rings. The first-order valence-corrected chi connectivity index (χ1v) is 8.54. The molecule has 3 amide bonds. The van der Waals surface area contributed by atoms with Gasteiger partial charge >= 0.3 is 6.03 Å². The zero-order valence-corrected chi connectivity index (χ0v) is 14.9. The van der Waals surface area contributed by atoms with Crippen molar-refractivity contribution < 1.29 is 14.4 Å². The molecule has 2 aromatic rings. The van der Waals surface area contributed by atoms with Gasteiger partial charge in [-0.05, 0) is 43.3 Å². The Bertz CT molecular complexity index is 851.